The summed E-state index contributed by atoms with van der Waals surface area (Å²) >= 11 is 0. The molecule has 1 unspecified atom stereocenters. The number of benzene rings is 2. The fourth-order valence-electron chi connectivity index (χ4n) is 6.77. The van der Waals surface area contributed by atoms with Gasteiger partial charge < -0.3 is 23.7 Å². The number of carbonyl (C=O) groups excluding carboxylic acids is 3. The summed E-state index contributed by atoms with van der Waals surface area (Å²) in [7, 11) is 3.18. The molecule has 234 valence electrons. The Bertz CT molecular complexity index is 1490. The van der Waals surface area contributed by atoms with E-state index in [9.17, 15) is 14.4 Å². The minimum absolute atomic E-state index is 0.00252. The molecule has 0 saturated heterocycles. The second kappa shape index (κ2) is 13.7. The van der Waals surface area contributed by atoms with Gasteiger partial charge in [-0.1, -0.05) is 18.6 Å². The van der Waals surface area contributed by atoms with Gasteiger partial charge in [-0.05, 0) is 87.3 Å². The standard InChI is InChI=1S/C35H41NO8/c1-6-42-31-19-23(13-15-29(31)43-21(3)37)33-32(35(39)44-25-10-8-7-9-11-25)20(2)36-26-16-24(17-27(38)34(26)33)22-12-14-28(40-4)30(18-22)41-5/h12-15,18-19,24-25,33-34H,6-11,16-17H2,1-5H3/t24-,33-,34?/m0/s1. The summed E-state index contributed by atoms with van der Waals surface area (Å²) < 4.78 is 28.2. The van der Waals surface area contributed by atoms with Crippen molar-refractivity contribution in [3.8, 4) is 23.0 Å². The van der Waals surface area contributed by atoms with Crippen molar-refractivity contribution in [2.45, 2.75) is 83.7 Å². The molecule has 0 aromatic heterocycles. The third kappa shape index (κ3) is 6.51. The highest BCUT2D eigenvalue weighted by Gasteiger charge is 2.46. The summed E-state index contributed by atoms with van der Waals surface area (Å²) in [5.41, 5.74) is 3.34. The van der Waals surface area contributed by atoms with E-state index in [4.69, 9.17) is 28.7 Å². The van der Waals surface area contributed by atoms with Crippen LogP contribution in [-0.4, -0.2) is 50.4 Å². The smallest absolute Gasteiger partial charge is 0.336 e. The lowest BCUT2D eigenvalue weighted by Crippen LogP contribution is -2.41. The largest absolute Gasteiger partial charge is 0.493 e. The van der Waals surface area contributed by atoms with Gasteiger partial charge in [0.1, 0.15) is 11.9 Å². The zero-order valence-corrected chi connectivity index (χ0v) is 26.1. The maximum absolute atomic E-state index is 14.1. The molecular formula is C35H41NO8. The van der Waals surface area contributed by atoms with Crippen molar-refractivity contribution in [2.24, 2.45) is 10.9 Å². The van der Waals surface area contributed by atoms with Crippen molar-refractivity contribution in [3.63, 3.8) is 0 Å². The van der Waals surface area contributed by atoms with Crippen LogP contribution in [0.3, 0.4) is 0 Å². The van der Waals surface area contributed by atoms with Crippen LogP contribution in [0.4, 0.5) is 0 Å². The first-order valence-electron chi connectivity index (χ1n) is 15.4. The van der Waals surface area contributed by atoms with Crippen LogP contribution in [0.25, 0.3) is 0 Å². The Morgan fingerprint density at radius 1 is 0.864 bits per heavy atom. The van der Waals surface area contributed by atoms with Gasteiger partial charge in [-0.2, -0.15) is 0 Å². The number of nitrogens with zero attached hydrogens (tertiary/aromatic N) is 1. The van der Waals surface area contributed by atoms with E-state index >= 15 is 0 Å². The third-order valence-corrected chi connectivity index (χ3v) is 8.76. The number of hydrogen-bond donors (Lipinski definition) is 0. The van der Waals surface area contributed by atoms with Crippen molar-refractivity contribution in [1.82, 2.24) is 0 Å². The molecule has 2 fully saturated rings. The predicted octanol–water partition coefficient (Wildman–Crippen LogP) is 6.48. The number of fused-ring (bicyclic) bond motifs is 1. The molecule has 3 aliphatic rings. The summed E-state index contributed by atoms with van der Waals surface area (Å²) in [4.78, 5) is 44.7. The highest BCUT2D eigenvalue weighted by Crippen LogP contribution is 2.48. The van der Waals surface area contributed by atoms with Crippen LogP contribution in [0, 0.1) is 5.92 Å². The molecule has 9 heteroatoms. The van der Waals surface area contributed by atoms with E-state index in [1.54, 1.807) is 32.4 Å². The average Bonchev–Trinajstić information content (AvgIpc) is 3.01. The van der Waals surface area contributed by atoms with Crippen LogP contribution >= 0.6 is 0 Å². The summed E-state index contributed by atoms with van der Waals surface area (Å²) in [5, 5.41) is 0. The van der Waals surface area contributed by atoms with Crippen LogP contribution < -0.4 is 18.9 Å². The van der Waals surface area contributed by atoms with Gasteiger partial charge in [-0.15, -0.1) is 0 Å². The number of carbonyl (C=O) groups is 3. The predicted molar refractivity (Wildman–Crippen MR) is 165 cm³/mol. The minimum atomic E-state index is -0.641. The monoisotopic (exact) mass is 603 g/mol. The first kappa shape index (κ1) is 31.3. The van der Waals surface area contributed by atoms with E-state index in [-0.39, 0.29) is 30.0 Å². The Labute approximate surface area is 258 Å². The number of Topliss-reactive ketones (excluding diaryl/α,β-unsaturated/α-hetero) is 1. The van der Waals surface area contributed by atoms with E-state index < -0.39 is 23.8 Å². The molecule has 1 aliphatic heterocycles. The van der Waals surface area contributed by atoms with Gasteiger partial charge >= 0.3 is 11.9 Å². The Hall–Kier alpha value is -4.14. The van der Waals surface area contributed by atoms with E-state index in [1.807, 2.05) is 32.0 Å². The topological polar surface area (TPSA) is 110 Å². The number of hydrogen-bond acceptors (Lipinski definition) is 9. The van der Waals surface area contributed by atoms with Crippen LogP contribution in [0.1, 0.15) is 88.7 Å². The number of aliphatic imine (C=N–C) groups is 1. The van der Waals surface area contributed by atoms with Crippen LogP contribution in [0.5, 0.6) is 23.0 Å². The molecule has 0 spiro atoms. The molecule has 0 N–H and O–H groups in total. The van der Waals surface area contributed by atoms with Gasteiger partial charge in [0.15, 0.2) is 23.0 Å². The molecule has 44 heavy (non-hydrogen) atoms. The lowest BCUT2D eigenvalue weighted by atomic mass is 9.66. The molecule has 2 aromatic carbocycles. The fourth-order valence-corrected chi connectivity index (χ4v) is 6.77. The second-order valence-corrected chi connectivity index (χ2v) is 11.6. The van der Waals surface area contributed by atoms with Crippen LogP contribution in [0.15, 0.2) is 52.7 Å². The maximum atomic E-state index is 14.1. The zero-order chi connectivity index (χ0) is 31.4. The van der Waals surface area contributed by atoms with E-state index in [0.717, 1.165) is 43.4 Å². The molecule has 0 bridgehead atoms. The number of ether oxygens (including phenoxy) is 5. The number of esters is 2. The van der Waals surface area contributed by atoms with E-state index in [0.29, 0.717) is 47.1 Å². The normalized spacial score (nSPS) is 22.1. The molecule has 0 amide bonds. The molecule has 5 rings (SSSR count). The molecule has 1 heterocycles. The number of allylic oxidation sites excluding steroid dienone is 1. The van der Waals surface area contributed by atoms with Crippen LogP contribution in [-0.2, 0) is 19.1 Å². The summed E-state index contributed by atoms with van der Waals surface area (Å²) in [6, 6.07) is 10.9. The Morgan fingerprint density at radius 2 is 1.55 bits per heavy atom. The van der Waals surface area contributed by atoms with E-state index in [2.05, 4.69) is 0 Å². The van der Waals surface area contributed by atoms with Gasteiger partial charge in [-0.3, -0.25) is 14.6 Å². The van der Waals surface area contributed by atoms with Crippen molar-refractivity contribution in [3.05, 3.63) is 58.8 Å². The zero-order valence-electron chi connectivity index (χ0n) is 26.1. The summed E-state index contributed by atoms with van der Waals surface area (Å²) in [5.74, 6) is -0.403. The first-order chi connectivity index (χ1) is 21.2. The van der Waals surface area contributed by atoms with Gasteiger partial charge in [0.05, 0.1) is 32.3 Å². The highest BCUT2D eigenvalue weighted by molar-refractivity contribution is 6.12. The van der Waals surface area contributed by atoms with Gasteiger partial charge in [0, 0.05) is 30.7 Å². The second-order valence-electron chi connectivity index (χ2n) is 11.6. The Morgan fingerprint density at radius 3 is 2.23 bits per heavy atom. The molecule has 3 atom stereocenters. The van der Waals surface area contributed by atoms with Gasteiger partial charge in [0.2, 0.25) is 0 Å². The number of methoxy groups -OCH3 is 2. The van der Waals surface area contributed by atoms with Crippen molar-refractivity contribution >= 4 is 23.4 Å². The number of rotatable bonds is 9. The molecule has 0 radical (unpaired) electrons. The van der Waals surface area contributed by atoms with Crippen molar-refractivity contribution in [2.75, 3.05) is 20.8 Å². The summed E-state index contributed by atoms with van der Waals surface area (Å²) in [6.45, 7) is 5.32. The molecule has 2 saturated carbocycles. The SMILES string of the molecule is CCOc1cc([C@H]2C(C(=O)OC3CCCCC3)=C(C)N=C3C[C@H](c4ccc(OC)c(OC)c4)CC(=O)C32)ccc1OC(C)=O. The van der Waals surface area contributed by atoms with Crippen molar-refractivity contribution < 1.29 is 38.1 Å². The highest BCUT2D eigenvalue weighted by atomic mass is 16.6. The summed E-state index contributed by atoms with van der Waals surface area (Å²) in [6.07, 6.45) is 5.53. The molecule has 2 aromatic rings. The fraction of sp³-hybridized carbons (Fsp3) is 0.486. The quantitative estimate of drug-likeness (QED) is 0.237. The van der Waals surface area contributed by atoms with Crippen molar-refractivity contribution in [1.29, 1.82) is 0 Å². The lowest BCUT2D eigenvalue weighted by molar-refractivity contribution is -0.146. The maximum Gasteiger partial charge on any atom is 0.336 e. The Balaban J connectivity index is 1.56. The Kier molecular flexibility index (Phi) is 9.71. The molecule has 9 nitrogen and oxygen atoms in total. The number of ketones is 1. The minimum Gasteiger partial charge on any atom is -0.493 e. The van der Waals surface area contributed by atoms with Crippen LogP contribution in [0.2, 0.25) is 0 Å². The first-order valence-corrected chi connectivity index (χ1v) is 15.4. The van der Waals surface area contributed by atoms with E-state index in [1.165, 1.54) is 6.92 Å². The van der Waals surface area contributed by atoms with Gasteiger partial charge in [0.25, 0.3) is 0 Å². The third-order valence-electron chi connectivity index (χ3n) is 8.76. The molecular weight excluding hydrogens is 562 g/mol. The average molecular weight is 604 g/mol. The van der Waals surface area contributed by atoms with Gasteiger partial charge in [-0.25, -0.2) is 4.79 Å². The lowest BCUT2D eigenvalue weighted by Gasteiger charge is -2.38. The molecule has 2 aliphatic carbocycles.